The van der Waals surface area contributed by atoms with E-state index in [0.717, 1.165) is 24.9 Å². The first-order valence-corrected chi connectivity index (χ1v) is 6.38. The molecule has 0 radical (unpaired) electrons. The molecular formula is C14H20N2O2. The topological polar surface area (TPSA) is 66.6 Å². The van der Waals surface area contributed by atoms with Gasteiger partial charge in [-0.1, -0.05) is 0 Å². The van der Waals surface area contributed by atoms with Crippen LogP contribution in [0.25, 0.3) is 0 Å². The number of amides is 1. The van der Waals surface area contributed by atoms with E-state index in [1.165, 1.54) is 0 Å². The number of nitrogens with zero attached hydrogens (tertiary/aromatic N) is 1. The number of hydrogen-bond acceptors (Lipinski definition) is 3. The van der Waals surface area contributed by atoms with Crippen LogP contribution in [0.2, 0.25) is 0 Å². The van der Waals surface area contributed by atoms with Gasteiger partial charge < -0.3 is 15.7 Å². The number of nitrogen functional groups attached to an aromatic ring is 1. The minimum Gasteiger partial charge on any atom is -0.399 e. The lowest BCUT2D eigenvalue weighted by atomic mass is 9.97. The molecule has 1 aliphatic rings. The molecule has 1 heterocycles. The van der Waals surface area contributed by atoms with Gasteiger partial charge >= 0.3 is 0 Å². The molecule has 1 fully saturated rings. The number of hydrogen-bond donors (Lipinski definition) is 2. The zero-order valence-corrected chi connectivity index (χ0v) is 10.7. The highest BCUT2D eigenvalue weighted by molar-refractivity contribution is 5.96. The van der Waals surface area contributed by atoms with E-state index in [1.807, 2.05) is 17.9 Å². The lowest BCUT2D eigenvalue weighted by Gasteiger charge is -2.32. The zero-order chi connectivity index (χ0) is 13.1. The van der Waals surface area contributed by atoms with E-state index >= 15 is 0 Å². The van der Waals surface area contributed by atoms with Crippen LogP contribution in [0.15, 0.2) is 18.2 Å². The van der Waals surface area contributed by atoms with Gasteiger partial charge in [-0.25, -0.2) is 0 Å². The Balaban J connectivity index is 2.15. The van der Waals surface area contributed by atoms with Crippen molar-refractivity contribution in [1.29, 1.82) is 0 Å². The van der Waals surface area contributed by atoms with Gasteiger partial charge in [-0.05, 0) is 49.4 Å². The molecule has 3 N–H and O–H groups in total. The van der Waals surface area contributed by atoms with Gasteiger partial charge in [-0.2, -0.15) is 0 Å². The molecule has 1 aliphatic heterocycles. The van der Waals surface area contributed by atoms with E-state index in [4.69, 9.17) is 5.73 Å². The maximum Gasteiger partial charge on any atom is 0.254 e. The molecule has 1 saturated heterocycles. The highest BCUT2D eigenvalue weighted by atomic mass is 16.3. The van der Waals surface area contributed by atoms with Crippen molar-refractivity contribution >= 4 is 11.6 Å². The summed E-state index contributed by atoms with van der Waals surface area (Å²) in [6, 6.07) is 5.37. The van der Waals surface area contributed by atoms with E-state index in [9.17, 15) is 9.90 Å². The fourth-order valence-corrected chi connectivity index (χ4v) is 2.50. The molecule has 18 heavy (non-hydrogen) atoms. The van der Waals surface area contributed by atoms with Crippen LogP contribution in [-0.2, 0) is 0 Å². The van der Waals surface area contributed by atoms with E-state index in [1.54, 1.807) is 12.1 Å². The number of piperidine rings is 1. The van der Waals surface area contributed by atoms with Gasteiger partial charge in [-0.15, -0.1) is 0 Å². The van der Waals surface area contributed by atoms with Crippen LogP contribution >= 0.6 is 0 Å². The summed E-state index contributed by atoms with van der Waals surface area (Å²) in [5.74, 6) is 0.266. The third kappa shape index (κ3) is 2.64. The molecular weight excluding hydrogens is 228 g/mol. The molecule has 1 aromatic carbocycles. The first-order chi connectivity index (χ1) is 8.61. The van der Waals surface area contributed by atoms with Gasteiger partial charge in [0.05, 0.1) is 0 Å². The Labute approximate surface area is 107 Å². The van der Waals surface area contributed by atoms with Crippen molar-refractivity contribution in [3.8, 4) is 0 Å². The summed E-state index contributed by atoms with van der Waals surface area (Å²) >= 11 is 0. The molecule has 1 amide bonds. The Bertz CT molecular complexity index is 445. The van der Waals surface area contributed by atoms with Crippen molar-refractivity contribution in [2.75, 3.05) is 25.4 Å². The number of likely N-dealkylation sites (tertiary alicyclic amines) is 1. The maximum absolute atomic E-state index is 12.4. The van der Waals surface area contributed by atoms with E-state index in [-0.39, 0.29) is 18.4 Å². The maximum atomic E-state index is 12.4. The highest BCUT2D eigenvalue weighted by Crippen LogP contribution is 2.20. The molecule has 0 bridgehead atoms. The summed E-state index contributed by atoms with van der Waals surface area (Å²) in [6.07, 6.45) is 1.96. The van der Waals surface area contributed by atoms with Gasteiger partial charge in [-0.3, -0.25) is 4.79 Å². The van der Waals surface area contributed by atoms with Crippen molar-refractivity contribution < 1.29 is 9.90 Å². The van der Waals surface area contributed by atoms with Crippen molar-refractivity contribution in [3.63, 3.8) is 0 Å². The average Bonchev–Trinajstić information content (AvgIpc) is 2.38. The van der Waals surface area contributed by atoms with E-state index in [0.29, 0.717) is 17.8 Å². The Morgan fingerprint density at radius 2 is 2.33 bits per heavy atom. The number of nitrogens with two attached hydrogens (primary N) is 1. The number of rotatable bonds is 2. The van der Waals surface area contributed by atoms with Crippen molar-refractivity contribution in [2.45, 2.75) is 19.8 Å². The molecule has 98 valence electrons. The summed E-state index contributed by atoms with van der Waals surface area (Å²) in [7, 11) is 0. The number of benzene rings is 1. The summed E-state index contributed by atoms with van der Waals surface area (Å²) in [5, 5.41) is 9.20. The second-order valence-corrected chi connectivity index (χ2v) is 5.02. The van der Waals surface area contributed by atoms with Crippen molar-refractivity contribution in [3.05, 3.63) is 29.3 Å². The molecule has 0 aliphatic carbocycles. The Morgan fingerprint density at radius 1 is 1.56 bits per heavy atom. The summed E-state index contributed by atoms with van der Waals surface area (Å²) in [5.41, 5.74) is 7.99. The second-order valence-electron chi connectivity index (χ2n) is 5.02. The molecule has 2 rings (SSSR count). The first-order valence-electron chi connectivity index (χ1n) is 6.38. The number of anilines is 1. The number of carbonyl (C=O) groups is 1. The predicted molar refractivity (Wildman–Crippen MR) is 71.3 cm³/mol. The molecule has 1 atom stereocenters. The van der Waals surface area contributed by atoms with Crippen LogP contribution in [0.3, 0.4) is 0 Å². The largest absolute Gasteiger partial charge is 0.399 e. The van der Waals surface area contributed by atoms with Crippen LogP contribution < -0.4 is 5.73 Å². The van der Waals surface area contributed by atoms with Gasteiger partial charge in [0.1, 0.15) is 0 Å². The molecule has 0 saturated carbocycles. The number of carbonyl (C=O) groups excluding carboxylic acids is 1. The van der Waals surface area contributed by atoms with Crippen LogP contribution in [0.5, 0.6) is 0 Å². The van der Waals surface area contributed by atoms with Gasteiger partial charge in [0, 0.05) is 30.9 Å². The minimum absolute atomic E-state index is 0.0469. The Hall–Kier alpha value is -1.55. The highest BCUT2D eigenvalue weighted by Gasteiger charge is 2.24. The summed E-state index contributed by atoms with van der Waals surface area (Å²) < 4.78 is 0. The standard InChI is InChI=1S/C14H20N2O2/c1-10-7-12(15)4-5-13(10)14(18)16-6-2-3-11(8-16)9-17/h4-5,7,11,17H,2-3,6,8-9,15H2,1H3. The van der Waals surface area contributed by atoms with Gasteiger partial charge in [0.15, 0.2) is 0 Å². The number of aryl methyl sites for hydroxylation is 1. The molecule has 0 spiro atoms. The molecule has 0 aromatic heterocycles. The summed E-state index contributed by atoms with van der Waals surface area (Å²) in [4.78, 5) is 14.2. The SMILES string of the molecule is Cc1cc(N)ccc1C(=O)N1CCCC(CO)C1. The Morgan fingerprint density at radius 3 is 3.00 bits per heavy atom. The van der Waals surface area contributed by atoms with Gasteiger partial charge in [0.2, 0.25) is 0 Å². The first kappa shape index (κ1) is 12.9. The molecule has 1 aromatic rings. The molecule has 1 unspecified atom stereocenters. The lowest BCUT2D eigenvalue weighted by molar-refractivity contribution is 0.0620. The second kappa shape index (κ2) is 5.40. The normalized spacial score (nSPS) is 19.9. The van der Waals surface area contributed by atoms with Crippen molar-refractivity contribution in [1.82, 2.24) is 4.90 Å². The lowest BCUT2D eigenvalue weighted by Crippen LogP contribution is -2.41. The monoisotopic (exact) mass is 248 g/mol. The third-order valence-electron chi connectivity index (χ3n) is 3.55. The third-order valence-corrected chi connectivity index (χ3v) is 3.55. The average molecular weight is 248 g/mol. The smallest absolute Gasteiger partial charge is 0.254 e. The van der Waals surface area contributed by atoms with Crippen LogP contribution in [0.4, 0.5) is 5.69 Å². The van der Waals surface area contributed by atoms with Crippen LogP contribution in [0, 0.1) is 12.8 Å². The van der Waals surface area contributed by atoms with Crippen LogP contribution in [-0.4, -0.2) is 35.6 Å². The fraction of sp³-hybridized carbons (Fsp3) is 0.500. The molecule has 4 heteroatoms. The van der Waals surface area contributed by atoms with Crippen molar-refractivity contribution in [2.24, 2.45) is 5.92 Å². The van der Waals surface area contributed by atoms with E-state index < -0.39 is 0 Å². The van der Waals surface area contributed by atoms with Gasteiger partial charge in [0.25, 0.3) is 5.91 Å². The predicted octanol–water partition coefficient (Wildman–Crippen LogP) is 1.42. The van der Waals surface area contributed by atoms with Crippen LogP contribution in [0.1, 0.15) is 28.8 Å². The summed E-state index contributed by atoms with van der Waals surface area (Å²) in [6.45, 7) is 3.49. The number of aliphatic hydroxyl groups excluding tert-OH is 1. The van der Waals surface area contributed by atoms with E-state index in [2.05, 4.69) is 0 Å². The molecule has 4 nitrogen and oxygen atoms in total. The zero-order valence-electron chi connectivity index (χ0n) is 10.7. The minimum atomic E-state index is 0.0469. The quantitative estimate of drug-likeness (QED) is 0.778. The number of aliphatic hydroxyl groups is 1. The fourth-order valence-electron chi connectivity index (χ4n) is 2.50. The Kier molecular flexibility index (Phi) is 3.87.